The predicted octanol–water partition coefficient (Wildman–Crippen LogP) is 0.636. The van der Waals surface area contributed by atoms with Crippen LogP contribution in [0.4, 0.5) is 0 Å². The monoisotopic (exact) mass is 175 g/mol. The summed E-state index contributed by atoms with van der Waals surface area (Å²) in [4.78, 5) is 0. The first-order chi connectivity index (χ1) is 5.45. The van der Waals surface area contributed by atoms with Crippen LogP contribution in [-0.2, 0) is 0 Å². The molecule has 4 N–H and O–H groups in total. The molecule has 0 aromatic rings. The Balaban J connectivity index is 4.07. The van der Waals surface area contributed by atoms with E-state index in [-0.39, 0.29) is 6.04 Å². The standard InChI is InChI=1S/C9H21NO2/c1-4-6-7(10)8(11)9(3,12)5-2/h7-8,11-12H,4-6,10H2,1-3H3/t7-,8+,9+/m0/s1. The number of rotatable bonds is 5. The Morgan fingerprint density at radius 1 is 1.42 bits per heavy atom. The Morgan fingerprint density at radius 3 is 2.25 bits per heavy atom. The van der Waals surface area contributed by atoms with Gasteiger partial charge in [0.1, 0.15) is 0 Å². The van der Waals surface area contributed by atoms with Gasteiger partial charge >= 0.3 is 0 Å². The molecule has 0 heterocycles. The lowest BCUT2D eigenvalue weighted by molar-refractivity contribution is -0.0755. The Hall–Kier alpha value is -0.120. The number of hydrogen-bond acceptors (Lipinski definition) is 3. The lowest BCUT2D eigenvalue weighted by Gasteiger charge is -2.31. The van der Waals surface area contributed by atoms with E-state index < -0.39 is 11.7 Å². The number of aliphatic hydroxyl groups excluding tert-OH is 1. The SMILES string of the molecule is CCC[C@H](N)[C@@H](O)[C@](C)(O)CC. The first kappa shape index (κ1) is 11.9. The summed E-state index contributed by atoms with van der Waals surface area (Å²) >= 11 is 0. The first-order valence-corrected chi connectivity index (χ1v) is 4.61. The fourth-order valence-corrected chi connectivity index (χ4v) is 1.16. The third-order valence-electron chi connectivity index (χ3n) is 2.38. The predicted molar refractivity (Wildman–Crippen MR) is 49.8 cm³/mol. The van der Waals surface area contributed by atoms with Gasteiger partial charge in [-0.15, -0.1) is 0 Å². The van der Waals surface area contributed by atoms with Gasteiger partial charge in [-0.1, -0.05) is 20.3 Å². The minimum Gasteiger partial charge on any atom is -0.389 e. The van der Waals surface area contributed by atoms with Crippen LogP contribution in [0.25, 0.3) is 0 Å². The van der Waals surface area contributed by atoms with Crippen molar-refractivity contribution in [2.45, 2.75) is 57.8 Å². The van der Waals surface area contributed by atoms with Crippen LogP contribution in [0, 0.1) is 0 Å². The summed E-state index contributed by atoms with van der Waals surface area (Å²) < 4.78 is 0. The number of aliphatic hydroxyl groups is 2. The quantitative estimate of drug-likeness (QED) is 0.574. The molecule has 0 aromatic heterocycles. The van der Waals surface area contributed by atoms with Crippen molar-refractivity contribution in [3.63, 3.8) is 0 Å². The van der Waals surface area contributed by atoms with Crippen molar-refractivity contribution in [2.75, 3.05) is 0 Å². The summed E-state index contributed by atoms with van der Waals surface area (Å²) in [6.07, 6.45) is 1.38. The minimum absolute atomic E-state index is 0.315. The highest BCUT2D eigenvalue weighted by Gasteiger charge is 2.32. The van der Waals surface area contributed by atoms with Crippen molar-refractivity contribution in [3.05, 3.63) is 0 Å². The third kappa shape index (κ3) is 3.09. The summed E-state index contributed by atoms with van der Waals surface area (Å²) in [5.41, 5.74) is 4.63. The Labute approximate surface area is 74.6 Å². The molecule has 0 bridgehead atoms. The molecule has 0 aliphatic rings. The van der Waals surface area contributed by atoms with Gasteiger partial charge in [0.05, 0.1) is 11.7 Å². The van der Waals surface area contributed by atoms with E-state index in [0.29, 0.717) is 6.42 Å². The molecule has 0 fully saturated rings. The smallest absolute Gasteiger partial charge is 0.0974 e. The van der Waals surface area contributed by atoms with Crippen LogP contribution in [-0.4, -0.2) is 28.0 Å². The molecule has 3 heteroatoms. The van der Waals surface area contributed by atoms with E-state index >= 15 is 0 Å². The van der Waals surface area contributed by atoms with E-state index in [0.717, 1.165) is 12.8 Å². The van der Waals surface area contributed by atoms with Gasteiger partial charge in [0, 0.05) is 6.04 Å². The second-order valence-corrected chi connectivity index (χ2v) is 3.61. The topological polar surface area (TPSA) is 66.5 Å². The van der Waals surface area contributed by atoms with Crippen LogP contribution in [0.3, 0.4) is 0 Å². The molecule has 0 amide bonds. The maximum atomic E-state index is 9.66. The molecule has 0 aromatic carbocycles. The van der Waals surface area contributed by atoms with Gasteiger partial charge in [-0.3, -0.25) is 0 Å². The van der Waals surface area contributed by atoms with Crippen molar-refractivity contribution < 1.29 is 10.2 Å². The Morgan fingerprint density at radius 2 is 1.92 bits per heavy atom. The summed E-state index contributed by atoms with van der Waals surface area (Å²) in [5, 5.41) is 19.3. The first-order valence-electron chi connectivity index (χ1n) is 4.61. The Bertz CT molecular complexity index is 126. The van der Waals surface area contributed by atoms with Crippen molar-refractivity contribution in [1.82, 2.24) is 0 Å². The molecule has 3 nitrogen and oxygen atoms in total. The molecule has 74 valence electrons. The van der Waals surface area contributed by atoms with Crippen molar-refractivity contribution in [3.8, 4) is 0 Å². The lowest BCUT2D eigenvalue weighted by atomic mass is 9.89. The van der Waals surface area contributed by atoms with E-state index in [1.54, 1.807) is 6.92 Å². The van der Waals surface area contributed by atoms with E-state index in [1.165, 1.54) is 0 Å². The van der Waals surface area contributed by atoms with E-state index in [4.69, 9.17) is 5.73 Å². The average molecular weight is 175 g/mol. The average Bonchev–Trinajstić information content (AvgIpc) is 2.03. The normalized spacial score (nSPS) is 21.5. The van der Waals surface area contributed by atoms with Gasteiger partial charge in [0.25, 0.3) is 0 Å². The van der Waals surface area contributed by atoms with Crippen LogP contribution in [0.5, 0.6) is 0 Å². The number of hydrogen-bond donors (Lipinski definition) is 3. The summed E-state index contributed by atoms with van der Waals surface area (Å²) in [5.74, 6) is 0. The second-order valence-electron chi connectivity index (χ2n) is 3.61. The van der Waals surface area contributed by atoms with Gasteiger partial charge in [-0.25, -0.2) is 0 Å². The van der Waals surface area contributed by atoms with Gasteiger partial charge in [0.2, 0.25) is 0 Å². The van der Waals surface area contributed by atoms with Gasteiger partial charge in [0.15, 0.2) is 0 Å². The van der Waals surface area contributed by atoms with Crippen molar-refractivity contribution in [2.24, 2.45) is 5.73 Å². The highest BCUT2D eigenvalue weighted by atomic mass is 16.3. The number of nitrogens with two attached hydrogens (primary N) is 1. The van der Waals surface area contributed by atoms with Crippen LogP contribution >= 0.6 is 0 Å². The highest BCUT2D eigenvalue weighted by Crippen LogP contribution is 2.18. The fraction of sp³-hybridized carbons (Fsp3) is 1.00. The minimum atomic E-state index is -1.05. The van der Waals surface area contributed by atoms with Crippen molar-refractivity contribution >= 4 is 0 Å². The van der Waals surface area contributed by atoms with Crippen LogP contribution < -0.4 is 5.73 Å². The molecule has 12 heavy (non-hydrogen) atoms. The molecule has 0 radical (unpaired) electrons. The molecule has 0 spiro atoms. The second kappa shape index (κ2) is 4.80. The zero-order valence-electron chi connectivity index (χ0n) is 8.25. The molecule has 3 atom stereocenters. The van der Waals surface area contributed by atoms with Gasteiger partial charge in [-0.05, 0) is 19.8 Å². The van der Waals surface area contributed by atoms with E-state index in [2.05, 4.69) is 0 Å². The summed E-state index contributed by atoms with van der Waals surface area (Å²) in [6.45, 7) is 5.46. The van der Waals surface area contributed by atoms with Crippen LogP contribution in [0.2, 0.25) is 0 Å². The molecular formula is C9H21NO2. The molecule has 0 saturated carbocycles. The molecular weight excluding hydrogens is 154 g/mol. The fourth-order valence-electron chi connectivity index (χ4n) is 1.16. The molecule has 0 aliphatic heterocycles. The molecule has 0 saturated heterocycles. The highest BCUT2D eigenvalue weighted by molar-refractivity contribution is 4.87. The third-order valence-corrected chi connectivity index (χ3v) is 2.38. The van der Waals surface area contributed by atoms with Crippen molar-refractivity contribution in [1.29, 1.82) is 0 Å². The molecule has 0 rings (SSSR count). The maximum absolute atomic E-state index is 9.66. The maximum Gasteiger partial charge on any atom is 0.0974 e. The van der Waals surface area contributed by atoms with Crippen LogP contribution in [0.15, 0.2) is 0 Å². The van der Waals surface area contributed by atoms with Crippen LogP contribution in [0.1, 0.15) is 40.0 Å². The lowest BCUT2D eigenvalue weighted by Crippen LogP contribution is -2.50. The van der Waals surface area contributed by atoms with Gasteiger partial charge < -0.3 is 15.9 Å². The summed E-state index contributed by atoms with van der Waals surface area (Å²) in [6, 6.07) is -0.315. The zero-order valence-corrected chi connectivity index (χ0v) is 8.25. The van der Waals surface area contributed by atoms with Gasteiger partial charge in [-0.2, -0.15) is 0 Å². The largest absolute Gasteiger partial charge is 0.389 e. The zero-order chi connectivity index (χ0) is 9.78. The Kier molecular flexibility index (Phi) is 4.75. The van der Waals surface area contributed by atoms with E-state index in [1.807, 2.05) is 13.8 Å². The molecule has 0 aliphatic carbocycles. The summed E-state index contributed by atoms with van der Waals surface area (Å²) in [7, 11) is 0. The van der Waals surface area contributed by atoms with E-state index in [9.17, 15) is 10.2 Å². The molecule has 0 unspecified atom stereocenters.